The molecule has 1 N–H and O–H groups in total. The number of alkyl halides is 6. The Kier molecular flexibility index (Phi) is 7.47. The number of ether oxygens (including phenoxy) is 1. The van der Waals surface area contributed by atoms with Gasteiger partial charge in [0.1, 0.15) is 6.61 Å². The first-order chi connectivity index (χ1) is 16.3. The van der Waals surface area contributed by atoms with Gasteiger partial charge in [-0.2, -0.15) is 26.3 Å². The number of fused-ring (bicyclic) bond motifs is 1. The lowest BCUT2D eigenvalue weighted by molar-refractivity contribution is -0.143. The van der Waals surface area contributed by atoms with Gasteiger partial charge in [0.25, 0.3) is 0 Å². The molecule has 0 heterocycles. The molecule has 2 aromatic rings. The van der Waals surface area contributed by atoms with Crippen molar-refractivity contribution in [3.8, 4) is 0 Å². The number of nitrogens with one attached hydrogen (secondary N) is 1. The summed E-state index contributed by atoms with van der Waals surface area (Å²) in [6, 6.07) is 6.18. The summed E-state index contributed by atoms with van der Waals surface area (Å²) in [6.45, 7) is -0.759. The summed E-state index contributed by atoms with van der Waals surface area (Å²) >= 11 is 0. The molecule has 0 aromatic heterocycles. The van der Waals surface area contributed by atoms with Crippen LogP contribution in [0.1, 0.15) is 45.8 Å². The van der Waals surface area contributed by atoms with Gasteiger partial charge in [-0.3, -0.25) is 4.79 Å². The van der Waals surface area contributed by atoms with Gasteiger partial charge in [-0.1, -0.05) is 12.1 Å². The van der Waals surface area contributed by atoms with Crippen LogP contribution < -0.4 is 5.32 Å². The first kappa shape index (κ1) is 26.1. The zero-order valence-corrected chi connectivity index (χ0v) is 18.8. The van der Waals surface area contributed by atoms with E-state index in [1.54, 1.807) is 6.08 Å². The number of likely N-dealkylation sites (N-methyl/N-ethyl adjacent to an activating group) is 1. The Morgan fingerprint density at radius 2 is 1.69 bits per heavy atom. The van der Waals surface area contributed by atoms with Gasteiger partial charge in [0, 0.05) is 20.2 Å². The van der Waals surface area contributed by atoms with Crippen LogP contribution in [0.25, 0.3) is 6.08 Å². The summed E-state index contributed by atoms with van der Waals surface area (Å²) in [7, 11) is 2.94. The minimum atomic E-state index is -4.99. The summed E-state index contributed by atoms with van der Waals surface area (Å²) in [4.78, 5) is 25.3. The molecular weight excluding hydrogens is 478 g/mol. The van der Waals surface area contributed by atoms with E-state index in [0.29, 0.717) is 25.0 Å². The maximum absolute atomic E-state index is 13.0. The first-order valence-electron chi connectivity index (χ1n) is 10.5. The number of carbonyl (C=O) groups excluding carboxylic acids is 2. The molecule has 2 amide bonds. The van der Waals surface area contributed by atoms with Crippen molar-refractivity contribution in [1.82, 2.24) is 10.2 Å². The Morgan fingerprint density at radius 1 is 1.06 bits per heavy atom. The van der Waals surface area contributed by atoms with Crippen molar-refractivity contribution in [1.29, 1.82) is 0 Å². The van der Waals surface area contributed by atoms with Crippen molar-refractivity contribution in [3.63, 3.8) is 0 Å². The van der Waals surface area contributed by atoms with Crippen LogP contribution in [0.5, 0.6) is 0 Å². The van der Waals surface area contributed by atoms with Crippen LogP contribution in [0, 0.1) is 0 Å². The highest BCUT2D eigenvalue weighted by Gasteiger charge is 2.37. The van der Waals surface area contributed by atoms with E-state index in [9.17, 15) is 35.9 Å². The summed E-state index contributed by atoms with van der Waals surface area (Å²) in [5, 5.41) is 2.46. The monoisotopic (exact) mass is 500 g/mol. The van der Waals surface area contributed by atoms with Gasteiger partial charge in [0.2, 0.25) is 5.91 Å². The molecule has 2 aromatic carbocycles. The van der Waals surface area contributed by atoms with Crippen LogP contribution in [0.4, 0.5) is 31.1 Å². The number of halogens is 6. The SMILES string of the molecule is CNC(=O)/C=C/c1ccc2c(c1)C(N(C)C(=O)OCc1cc(C(F)(F)F)cc(C(F)(F)F)c1)CC2. The van der Waals surface area contributed by atoms with Gasteiger partial charge in [0.05, 0.1) is 17.2 Å². The third-order valence-electron chi connectivity index (χ3n) is 5.65. The van der Waals surface area contributed by atoms with Crippen LogP contribution in [0.2, 0.25) is 0 Å². The van der Waals surface area contributed by atoms with E-state index >= 15 is 0 Å². The molecule has 0 spiro atoms. The molecule has 3 rings (SSSR count). The van der Waals surface area contributed by atoms with Crippen molar-refractivity contribution >= 4 is 18.1 Å². The lowest BCUT2D eigenvalue weighted by Gasteiger charge is -2.25. The lowest BCUT2D eigenvalue weighted by atomic mass is 10.0. The van der Waals surface area contributed by atoms with Crippen LogP contribution >= 0.6 is 0 Å². The minimum absolute atomic E-state index is 0.0169. The third-order valence-corrected chi connectivity index (χ3v) is 5.65. The van der Waals surface area contributed by atoms with Crippen molar-refractivity contribution in [3.05, 3.63) is 75.9 Å². The van der Waals surface area contributed by atoms with E-state index in [0.717, 1.165) is 16.7 Å². The molecule has 0 bridgehead atoms. The van der Waals surface area contributed by atoms with Crippen LogP contribution in [0.15, 0.2) is 42.5 Å². The number of nitrogens with zero attached hydrogens (tertiary/aromatic N) is 1. The number of carbonyl (C=O) groups is 2. The van der Waals surface area contributed by atoms with E-state index in [2.05, 4.69) is 5.32 Å². The number of amides is 2. The summed E-state index contributed by atoms with van der Waals surface area (Å²) in [5.74, 6) is -0.286. The fourth-order valence-electron chi connectivity index (χ4n) is 3.84. The zero-order valence-electron chi connectivity index (χ0n) is 18.8. The molecule has 0 aliphatic heterocycles. The number of aryl methyl sites for hydroxylation is 1. The zero-order chi connectivity index (χ0) is 26.0. The molecule has 1 aliphatic carbocycles. The quantitative estimate of drug-likeness (QED) is 0.421. The first-order valence-corrected chi connectivity index (χ1v) is 10.5. The van der Waals surface area contributed by atoms with Crippen molar-refractivity contribution in [2.75, 3.05) is 14.1 Å². The minimum Gasteiger partial charge on any atom is -0.445 e. The Balaban J connectivity index is 1.75. The molecule has 0 fully saturated rings. The Labute approximate surface area is 197 Å². The summed E-state index contributed by atoms with van der Waals surface area (Å²) in [6.07, 6.45) is -6.68. The molecule has 0 radical (unpaired) electrons. The summed E-state index contributed by atoms with van der Waals surface area (Å²) < 4.78 is 83.4. The van der Waals surface area contributed by atoms with Crippen LogP contribution in [0.3, 0.4) is 0 Å². The number of benzene rings is 2. The molecule has 0 saturated heterocycles. The predicted molar refractivity (Wildman–Crippen MR) is 115 cm³/mol. The maximum atomic E-state index is 13.0. The Morgan fingerprint density at radius 3 is 2.26 bits per heavy atom. The smallest absolute Gasteiger partial charge is 0.416 e. The second-order valence-electron chi connectivity index (χ2n) is 8.04. The van der Waals surface area contributed by atoms with Crippen molar-refractivity contribution in [2.45, 2.75) is 37.8 Å². The Bertz CT molecular complexity index is 1110. The highest BCUT2D eigenvalue weighted by atomic mass is 19.4. The van der Waals surface area contributed by atoms with Crippen LogP contribution in [-0.4, -0.2) is 31.0 Å². The molecule has 35 heavy (non-hydrogen) atoms. The van der Waals surface area contributed by atoms with Crippen LogP contribution in [-0.2, 0) is 34.9 Å². The number of hydrogen-bond donors (Lipinski definition) is 1. The van der Waals surface area contributed by atoms with Crippen molar-refractivity contribution in [2.24, 2.45) is 0 Å². The highest BCUT2D eigenvalue weighted by molar-refractivity contribution is 5.91. The molecule has 5 nitrogen and oxygen atoms in total. The van der Waals surface area contributed by atoms with Gasteiger partial charge in [-0.25, -0.2) is 4.79 Å². The molecule has 0 saturated carbocycles. The van der Waals surface area contributed by atoms with E-state index in [4.69, 9.17) is 4.74 Å². The van der Waals surface area contributed by atoms with Gasteiger partial charge < -0.3 is 15.0 Å². The van der Waals surface area contributed by atoms with Crippen molar-refractivity contribution < 1.29 is 40.7 Å². The molecule has 1 aliphatic rings. The fraction of sp³-hybridized carbons (Fsp3) is 0.333. The Hall–Kier alpha value is -3.50. The topological polar surface area (TPSA) is 58.6 Å². The maximum Gasteiger partial charge on any atom is 0.416 e. The lowest BCUT2D eigenvalue weighted by Crippen LogP contribution is -2.30. The average Bonchev–Trinajstić information content (AvgIpc) is 3.22. The van der Waals surface area contributed by atoms with E-state index in [1.165, 1.54) is 25.1 Å². The largest absolute Gasteiger partial charge is 0.445 e. The third kappa shape index (κ3) is 6.34. The molecule has 1 atom stereocenters. The van der Waals surface area contributed by atoms with Gasteiger partial charge in [-0.05, 0) is 65.4 Å². The second-order valence-corrected chi connectivity index (χ2v) is 8.04. The van der Waals surface area contributed by atoms with E-state index in [-0.39, 0.29) is 12.0 Å². The highest BCUT2D eigenvalue weighted by Crippen LogP contribution is 2.38. The van der Waals surface area contributed by atoms with Gasteiger partial charge >= 0.3 is 18.4 Å². The number of hydrogen-bond acceptors (Lipinski definition) is 3. The molecule has 188 valence electrons. The molecule has 1 unspecified atom stereocenters. The number of rotatable bonds is 5. The fourth-order valence-corrected chi connectivity index (χ4v) is 3.84. The average molecular weight is 500 g/mol. The van der Waals surface area contributed by atoms with E-state index < -0.39 is 47.8 Å². The summed E-state index contributed by atoms with van der Waals surface area (Å²) in [5.41, 5.74) is -0.851. The standard InChI is InChI=1S/C24H22F6N2O3/c1-31-21(33)8-4-14-3-5-16-6-7-20(19(16)11-14)32(2)22(34)35-13-15-9-17(23(25,26)27)12-18(10-15)24(28,29)30/h3-5,8-12,20H,6-7,13H2,1-2H3,(H,31,33)/b8-4+. The van der Waals surface area contributed by atoms with Gasteiger partial charge in [-0.15, -0.1) is 0 Å². The van der Waals surface area contributed by atoms with Gasteiger partial charge in [0.15, 0.2) is 0 Å². The normalized spacial score (nSPS) is 15.7. The molecule has 11 heteroatoms. The predicted octanol–water partition coefficient (Wildman–Crippen LogP) is 5.74. The molecular formula is C24H22F6N2O3. The van der Waals surface area contributed by atoms with E-state index in [1.807, 2.05) is 18.2 Å². The second kappa shape index (κ2) is 10.0.